The van der Waals surface area contributed by atoms with Crippen molar-refractivity contribution < 1.29 is 9.59 Å². The monoisotopic (exact) mass is 398 g/mol. The average Bonchev–Trinajstić information content (AvgIpc) is 3.59. The number of nitrogens with one attached hydrogen (secondary N) is 1. The second kappa shape index (κ2) is 8.95. The van der Waals surface area contributed by atoms with Crippen molar-refractivity contribution >= 4 is 23.2 Å². The minimum absolute atomic E-state index is 0.00523. The van der Waals surface area contributed by atoms with E-state index in [4.69, 9.17) is 0 Å². The van der Waals surface area contributed by atoms with E-state index in [1.165, 1.54) is 0 Å². The summed E-state index contributed by atoms with van der Waals surface area (Å²) in [6.07, 6.45) is 2.34. The smallest absolute Gasteiger partial charge is 0.225 e. The number of carbonyl (C=O) groups is 2. The zero-order valence-corrected chi connectivity index (χ0v) is 17.1. The lowest BCUT2D eigenvalue weighted by molar-refractivity contribution is -0.117. The lowest BCUT2D eigenvalue weighted by atomic mass is 9.88. The molecule has 1 fully saturated rings. The van der Waals surface area contributed by atoms with Crippen LogP contribution in [0, 0.1) is 0 Å². The van der Waals surface area contributed by atoms with Gasteiger partial charge in [-0.15, -0.1) is 0 Å². The average molecular weight is 399 g/mol. The fourth-order valence-electron chi connectivity index (χ4n) is 3.93. The number of hydrogen-bond donors (Lipinski definition) is 1. The van der Waals surface area contributed by atoms with Crippen LogP contribution in [0.5, 0.6) is 0 Å². The number of benzene rings is 3. The van der Waals surface area contributed by atoms with Gasteiger partial charge in [0.2, 0.25) is 11.8 Å². The summed E-state index contributed by atoms with van der Waals surface area (Å²) < 4.78 is 0. The van der Waals surface area contributed by atoms with Crippen LogP contribution in [0.4, 0.5) is 11.4 Å². The van der Waals surface area contributed by atoms with Gasteiger partial charge in [-0.1, -0.05) is 72.8 Å². The summed E-state index contributed by atoms with van der Waals surface area (Å²) in [5.74, 6) is -0.1000. The molecular weight excluding hydrogens is 372 g/mol. The highest BCUT2D eigenvalue weighted by Crippen LogP contribution is 2.36. The van der Waals surface area contributed by atoms with Crippen molar-refractivity contribution in [3.05, 3.63) is 96.1 Å². The molecule has 0 spiro atoms. The Kier molecular flexibility index (Phi) is 5.94. The van der Waals surface area contributed by atoms with Gasteiger partial charge >= 0.3 is 0 Å². The maximum atomic E-state index is 13.1. The predicted molar refractivity (Wildman–Crippen MR) is 121 cm³/mol. The topological polar surface area (TPSA) is 49.4 Å². The fourth-order valence-corrected chi connectivity index (χ4v) is 3.93. The van der Waals surface area contributed by atoms with E-state index in [1.807, 2.05) is 65.6 Å². The first kappa shape index (κ1) is 19.9. The number of rotatable bonds is 7. The van der Waals surface area contributed by atoms with Crippen LogP contribution >= 0.6 is 0 Å². The van der Waals surface area contributed by atoms with E-state index in [9.17, 15) is 9.59 Å². The molecule has 1 aliphatic carbocycles. The zero-order chi connectivity index (χ0) is 20.9. The Morgan fingerprint density at radius 1 is 0.867 bits per heavy atom. The summed E-state index contributed by atoms with van der Waals surface area (Å²) in [5, 5.41) is 3.07. The van der Waals surface area contributed by atoms with Gasteiger partial charge in [0.05, 0.1) is 11.4 Å². The van der Waals surface area contributed by atoms with Crippen LogP contribution in [-0.4, -0.2) is 17.9 Å². The van der Waals surface area contributed by atoms with Gasteiger partial charge in [-0.05, 0) is 36.1 Å². The van der Waals surface area contributed by atoms with E-state index >= 15 is 0 Å². The van der Waals surface area contributed by atoms with Gasteiger partial charge in [-0.2, -0.15) is 0 Å². The molecule has 0 heterocycles. The quantitative estimate of drug-likeness (QED) is 0.582. The summed E-state index contributed by atoms with van der Waals surface area (Å²) in [5.41, 5.74) is 3.67. The summed E-state index contributed by atoms with van der Waals surface area (Å²) in [6, 6.07) is 28.0. The number of hydrogen-bond acceptors (Lipinski definition) is 2. The molecule has 3 aromatic rings. The molecule has 4 nitrogen and oxygen atoms in total. The van der Waals surface area contributed by atoms with Crippen LogP contribution in [0.3, 0.4) is 0 Å². The van der Waals surface area contributed by atoms with Crippen molar-refractivity contribution in [2.24, 2.45) is 0 Å². The first-order chi connectivity index (χ1) is 14.6. The summed E-state index contributed by atoms with van der Waals surface area (Å²) >= 11 is 0. The third-order valence-electron chi connectivity index (χ3n) is 5.48. The Morgan fingerprint density at radius 3 is 1.93 bits per heavy atom. The van der Waals surface area contributed by atoms with Crippen LogP contribution in [0.1, 0.15) is 43.2 Å². The van der Waals surface area contributed by atoms with Gasteiger partial charge < -0.3 is 10.2 Å². The SMILES string of the molecule is CC(=O)N(c1ccccc1NC(=O)CC(c1ccccc1)c1ccccc1)C1CC1. The molecule has 0 atom stereocenters. The van der Waals surface area contributed by atoms with Gasteiger partial charge in [0, 0.05) is 25.3 Å². The molecule has 2 amide bonds. The summed E-state index contributed by atoms with van der Waals surface area (Å²) in [7, 11) is 0. The third-order valence-corrected chi connectivity index (χ3v) is 5.48. The van der Waals surface area contributed by atoms with Crippen molar-refractivity contribution in [2.75, 3.05) is 10.2 Å². The Balaban J connectivity index is 1.57. The Bertz CT molecular complexity index is 974. The highest BCUT2D eigenvalue weighted by molar-refractivity contribution is 6.01. The van der Waals surface area contributed by atoms with Gasteiger partial charge in [0.1, 0.15) is 0 Å². The van der Waals surface area contributed by atoms with E-state index in [0.717, 1.165) is 29.7 Å². The molecule has 4 rings (SSSR count). The lowest BCUT2D eigenvalue weighted by Gasteiger charge is -2.24. The predicted octanol–water partition coefficient (Wildman–Crippen LogP) is 5.36. The summed E-state index contributed by atoms with van der Waals surface area (Å²) in [4.78, 5) is 27.1. The van der Waals surface area contributed by atoms with Gasteiger partial charge in [-0.3, -0.25) is 9.59 Å². The van der Waals surface area contributed by atoms with Gasteiger partial charge in [0.15, 0.2) is 0 Å². The molecule has 1 saturated carbocycles. The van der Waals surface area contributed by atoms with E-state index < -0.39 is 0 Å². The number of carbonyl (C=O) groups excluding carboxylic acids is 2. The van der Waals surface area contributed by atoms with Crippen LogP contribution in [-0.2, 0) is 9.59 Å². The third kappa shape index (κ3) is 4.60. The number of para-hydroxylation sites is 2. The molecule has 1 N–H and O–H groups in total. The first-order valence-electron chi connectivity index (χ1n) is 10.4. The molecule has 1 aliphatic rings. The fraction of sp³-hybridized carbons (Fsp3) is 0.231. The van der Waals surface area contributed by atoms with E-state index in [2.05, 4.69) is 29.6 Å². The molecule has 0 bridgehead atoms. The maximum Gasteiger partial charge on any atom is 0.225 e. The van der Waals surface area contributed by atoms with Gasteiger partial charge in [-0.25, -0.2) is 0 Å². The van der Waals surface area contributed by atoms with Crippen LogP contribution in [0.25, 0.3) is 0 Å². The van der Waals surface area contributed by atoms with Crippen molar-refractivity contribution in [3.63, 3.8) is 0 Å². The number of anilines is 2. The maximum absolute atomic E-state index is 13.1. The van der Waals surface area contributed by atoms with Crippen molar-refractivity contribution in [1.29, 1.82) is 0 Å². The van der Waals surface area contributed by atoms with Crippen LogP contribution in [0.15, 0.2) is 84.9 Å². The molecule has 152 valence electrons. The molecule has 3 aromatic carbocycles. The van der Waals surface area contributed by atoms with Crippen LogP contribution in [0.2, 0.25) is 0 Å². The minimum Gasteiger partial charge on any atom is -0.324 e. The Morgan fingerprint density at radius 2 is 1.40 bits per heavy atom. The highest BCUT2D eigenvalue weighted by atomic mass is 16.2. The van der Waals surface area contributed by atoms with Crippen molar-refractivity contribution in [3.8, 4) is 0 Å². The molecule has 30 heavy (non-hydrogen) atoms. The number of nitrogens with zero attached hydrogens (tertiary/aromatic N) is 1. The lowest BCUT2D eigenvalue weighted by Crippen LogP contribution is -2.31. The zero-order valence-electron chi connectivity index (χ0n) is 17.1. The van der Waals surface area contributed by atoms with E-state index in [1.54, 1.807) is 6.92 Å². The largest absolute Gasteiger partial charge is 0.324 e. The molecule has 0 aliphatic heterocycles. The second-order valence-corrected chi connectivity index (χ2v) is 7.76. The molecule has 0 radical (unpaired) electrons. The van der Waals surface area contributed by atoms with E-state index in [0.29, 0.717) is 12.1 Å². The molecule has 0 saturated heterocycles. The van der Waals surface area contributed by atoms with Crippen LogP contribution < -0.4 is 10.2 Å². The van der Waals surface area contributed by atoms with Gasteiger partial charge in [0.25, 0.3) is 0 Å². The standard InChI is InChI=1S/C26H26N2O2/c1-19(29)28(22-16-17-22)25-15-9-8-14-24(25)27-26(30)18-23(20-10-4-2-5-11-20)21-12-6-3-7-13-21/h2-15,22-23H,16-18H2,1H3,(H,27,30). The second-order valence-electron chi connectivity index (χ2n) is 7.76. The molecule has 0 unspecified atom stereocenters. The molecule has 0 aromatic heterocycles. The highest BCUT2D eigenvalue weighted by Gasteiger charge is 2.33. The first-order valence-corrected chi connectivity index (χ1v) is 10.4. The minimum atomic E-state index is -0.0699. The Labute approximate surface area is 177 Å². The summed E-state index contributed by atoms with van der Waals surface area (Å²) in [6.45, 7) is 1.58. The Hall–Kier alpha value is -3.40. The number of amides is 2. The molecule has 4 heteroatoms. The van der Waals surface area contributed by atoms with Crippen molar-refractivity contribution in [2.45, 2.75) is 38.1 Å². The normalized spacial score (nSPS) is 13.1. The molecular formula is C26H26N2O2. The van der Waals surface area contributed by atoms with E-state index in [-0.39, 0.29) is 23.8 Å². The van der Waals surface area contributed by atoms with Crippen molar-refractivity contribution in [1.82, 2.24) is 0 Å².